The fourth-order valence-electron chi connectivity index (χ4n) is 2.76. The molecule has 10 heteroatoms. The van der Waals surface area contributed by atoms with Gasteiger partial charge in [-0.15, -0.1) is 0 Å². The van der Waals surface area contributed by atoms with Gasteiger partial charge in [-0.3, -0.25) is 4.79 Å². The van der Waals surface area contributed by atoms with Gasteiger partial charge in [0.25, 0.3) is 0 Å². The number of anilines is 5. The van der Waals surface area contributed by atoms with E-state index in [1.807, 2.05) is 44.2 Å². The molecule has 3 N–H and O–H groups in total. The minimum atomic E-state index is -3.42. The second-order valence-electron chi connectivity index (χ2n) is 7.48. The lowest BCUT2D eigenvalue weighted by atomic mass is 10.2. The molecule has 1 heterocycles. The highest BCUT2D eigenvalue weighted by Crippen LogP contribution is 2.21. The average Bonchev–Trinajstić information content (AvgIpc) is 2.70. The van der Waals surface area contributed by atoms with Crippen molar-refractivity contribution in [3.05, 3.63) is 65.9 Å². The van der Waals surface area contributed by atoms with Crippen LogP contribution in [0.5, 0.6) is 0 Å². The van der Waals surface area contributed by atoms with Gasteiger partial charge in [-0.1, -0.05) is 17.7 Å². The summed E-state index contributed by atoms with van der Waals surface area (Å²) in [6, 6.07) is 16.8. The van der Waals surface area contributed by atoms with Crippen LogP contribution >= 0.6 is 0 Å². The number of carbonyl (C=O) groups is 1. The second kappa shape index (κ2) is 9.75. The molecule has 1 aromatic heterocycles. The van der Waals surface area contributed by atoms with Gasteiger partial charge in [-0.2, -0.15) is 9.29 Å². The van der Waals surface area contributed by atoms with Crippen LogP contribution in [0.3, 0.4) is 0 Å². The van der Waals surface area contributed by atoms with Gasteiger partial charge in [-0.25, -0.2) is 13.4 Å². The van der Waals surface area contributed by atoms with Crippen molar-refractivity contribution in [3.63, 3.8) is 0 Å². The summed E-state index contributed by atoms with van der Waals surface area (Å²) in [5.41, 5.74) is 4.20. The van der Waals surface area contributed by atoms with E-state index in [9.17, 15) is 13.2 Å². The maximum Gasteiger partial charge on any atom is 0.239 e. The zero-order chi connectivity index (χ0) is 23.3. The number of aryl methyl sites for hydroxylation is 2. The number of hydrogen-bond donors (Lipinski definition) is 3. The molecule has 0 fully saturated rings. The molecular formula is C22H26N6O3S. The van der Waals surface area contributed by atoms with Gasteiger partial charge in [0.2, 0.25) is 21.9 Å². The summed E-state index contributed by atoms with van der Waals surface area (Å²) < 4.78 is 23.8. The first kappa shape index (κ1) is 23.2. The SMILES string of the molecule is Cc1ccc(Nc2cc(C)nc(Nc3ccc(NC(=O)CN(C)S(C)(=O)=O)cc3)n2)cc1. The molecule has 0 aliphatic rings. The van der Waals surface area contributed by atoms with Crippen molar-refractivity contribution >= 4 is 44.8 Å². The van der Waals surface area contributed by atoms with Gasteiger partial charge in [-0.05, 0) is 50.2 Å². The molecule has 0 spiro atoms. The predicted molar refractivity (Wildman–Crippen MR) is 127 cm³/mol. The maximum atomic E-state index is 12.0. The smallest absolute Gasteiger partial charge is 0.239 e. The average molecular weight is 455 g/mol. The highest BCUT2D eigenvalue weighted by atomic mass is 32.2. The third kappa shape index (κ3) is 6.76. The normalized spacial score (nSPS) is 11.3. The van der Waals surface area contributed by atoms with E-state index >= 15 is 0 Å². The van der Waals surface area contributed by atoms with Crippen molar-refractivity contribution < 1.29 is 13.2 Å². The van der Waals surface area contributed by atoms with Crippen molar-refractivity contribution in [2.45, 2.75) is 13.8 Å². The fraction of sp³-hybridized carbons (Fsp3) is 0.227. The Morgan fingerprint density at radius 3 is 2.09 bits per heavy atom. The van der Waals surface area contributed by atoms with E-state index in [1.54, 1.807) is 24.3 Å². The minimum absolute atomic E-state index is 0.257. The Morgan fingerprint density at radius 2 is 1.47 bits per heavy atom. The number of aromatic nitrogens is 2. The number of rotatable bonds is 8. The highest BCUT2D eigenvalue weighted by molar-refractivity contribution is 7.88. The molecule has 3 rings (SSSR count). The van der Waals surface area contributed by atoms with Crippen LogP contribution < -0.4 is 16.0 Å². The molecule has 9 nitrogen and oxygen atoms in total. The van der Waals surface area contributed by atoms with Crippen LogP contribution in [-0.4, -0.2) is 48.4 Å². The number of likely N-dealkylation sites (N-methyl/N-ethyl adjacent to an activating group) is 1. The molecule has 3 aromatic rings. The standard InChI is InChI=1S/C22H26N6O3S/c1-15-5-7-17(8-6-15)24-20-13-16(2)23-22(27-20)26-19-11-9-18(10-12-19)25-21(29)14-28(3)32(4,30)31/h5-13H,14H2,1-4H3,(H,25,29)(H2,23,24,26,27). The summed E-state index contributed by atoms with van der Waals surface area (Å²) >= 11 is 0. The Kier molecular flexibility index (Phi) is 7.06. The summed E-state index contributed by atoms with van der Waals surface area (Å²) in [5.74, 6) is 0.682. The number of benzene rings is 2. The molecule has 1 amide bonds. The Hall–Kier alpha value is -3.50. The monoisotopic (exact) mass is 454 g/mol. The molecule has 0 saturated heterocycles. The van der Waals surface area contributed by atoms with Crippen molar-refractivity contribution in [2.24, 2.45) is 0 Å². The molecule has 0 unspecified atom stereocenters. The van der Waals surface area contributed by atoms with Gasteiger partial charge in [0.1, 0.15) is 5.82 Å². The molecule has 0 bridgehead atoms. The van der Waals surface area contributed by atoms with Crippen LogP contribution in [0, 0.1) is 13.8 Å². The van der Waals surface area contributed by atoms with Crippen LogP contribution in [0.25, 0.3) is 0 Å². The topological polar surface area (TPSA) is 116 Å². The lowest BCUT2D eigenvalue weighted by Crippen LogP contribution is -2.34. The molecule has 0 aliphatic heterocycles. The first-order valence-corrected chi connectivity index (χ1v) is 11.7. The molecule has 0 aliphatic carbocycles. The second-order valence-corrected chi connectivity index (χ2v) is 9.57. The molecule has 2 aromatic carbocycles. The Labute approximate surface area is 188 Å². The van der Waals surface area contributed by atoms with E-state index in [0.29, 0.717) is 17.5 Å². The molecule has 0 atom stereocenters. The number of hydrogen-bond acceptors (Lipinski definition) is 7. The summed E-state index contributed by atoms with van der Waals surface area (Å²) in [5, 5.41) is 9.09. The lowest BCUT2D eigenvalue weighted by Gasteiger charge is -2.14. The molecule has 168 valence electrons. The van der Waals surface area contributed by atoms with Crippen molar-refractivity contribution in [3.8, 4) is 0 Å². The highest BCUT2D eigenvalue weighted by Gasteiger charge is 2.15. The first-order chi connectivity index (χ1) is 15.1. The van der Waals surface area contributed by atoms with Crippen molar-refractivity contribution in [2.75, 3.05) is 35.8 Å². The van der Waals surface area contributed by atoms with Gasteiger partial charge >= 0.3 is 0 Å². The van der Waals surface area contributed by atoms with Gasteiger partial charge in [0.05, 0.1) is 12.8 Å². The molecule has 0 saturated carbocycles. The zero-order valence-electron chi connectivity index (χ0n) is 18.4. The lowest BCUT2D eigenvalue weighted by molar-refractivity contribution is -0.116. The van der Waals surface area contributed by atoms with E-state index in [0.717, 1.165) is 27.6 Å². The van der Waals surface area contributed by atoms with Crippen LogP contribution in [-0.2, 0) is 14.8 Å². The Morgan fingerprint density at radius 1 is 0.906 bits per heavy atom. The summed E-state index contributed by atoms with van der Waals surface area (Å²) in [7, 11) is -2.06. The maximum absolute atomic E-state index is 12.0. The zero-order valence-corrected chi connectivity index (χ0v) is 19.2. The van der Waals surface area contributed by atoms with E-state index in [1.165, 1.54) is 12.6 Å². The predicted octanol–water partition coefficient (Wildman–Crippen LogP) is 3.41. The fourth-order valence-corrected chi connectivity index (χ4v) is 3.11. The largest absolute Gasteiger partial charge is 0.340 e. The van der Waals surface area contributed by atoms with Crippen LogP contribution in [0.4, 0.5) is 28.8 Å². The Bertz CT molecular complexity index is 1200. The molecular weight excluding hydrogens is 428 g/mol. The van der Waals surface area contributed by atoms with Gasteiger partial charge in [0.15, 0.2) is 0 Å². The number of nitrogens with zero attached hydrogens (tertiary/aromatic N) is 3. The van der Waals surface area contributed by atoms with Crippen molar-refractivity contribution in [1.82, 2.24) is 14.3 Å². The third-order valence-corrected chi connectivity index (χ3v) is 5.80. The summed E-state index contributed by atoms with van der Waals surface area (Å²) in [6.07, 6.45) is 1.05. The Balaban J connectivity index is 1.64. The van der Waals surface area contributed by atoms with Gasteiger partial charge in [0, 0.05) is 35.9 Å². The molecule has 0 radical (unpaired) electrons. The van der Waals surface area contributed by atoms with Crippen LogP contribution in [0.15, 0.2) is 54.6 Å². The van der Waals surface area contributed by atoms with E-state index in [-0.39, 0.29) is 6.54 Å². The quantitative estimate of drug-likeness (QED) is 0.478. The number of carbonyl (C=O) groups excluding carboxylic acids is 1. The van der Waals surface area contributed by atoms with E-state index in [2.05, 4.69) is 25.9 Å². The van der Waals surface area contributed by atoms with Crippen molar-refractivity contribution in [1.29, 1.82) is 0 Å². The third-order valence-electron chi connectivity index (χ3n) is 4.54. The minimum Gasteiger partial charge on any atom is -0.340 e. The molecule has 32 heavy (non-hydrogen) atoms. The number of amides is 1. The van der Waals surface area contributed by atoms with Gasteiger partial charge < -0.3 is 16.0 Å². The van der Waals surface area contributed by atoms with Crippen LogP contribution in [0.2, 0.25) is 0 Å². The number of sulfonamides is 1. The van der Waals surface area contributed by atoms with E-state index in [4.69, 9.17) is 0 Å². The summed E-state index contributed by atoms with van der Waals surface area (Å²) in [4.78, 5) is 21.0. The van der Waals surface area contributed by atoms with Crippen LogP contribution in [0.1, 0.15) is 11.3 Å². The number of nitrogens with one attached hydrogen (secondary N) is 3. The summed E-state index contributed by atoms with van der Waals surface area (Å²) in [6.45, 7) is 3.66. The van der Waals surface area contributed by atoms with E-state index < -0.39 is 15.9 Å². The first-order valence-electron chi connectivity index (χ1n) is 9.86.